The highest BCUT2D eigenvalue weighted by molar-refractivity contribution is 5.73. The number of rotatable bonds is 17. The van der Waals surface area contributed by atoms with Gasteiger partial charge in [0.15, 0.2) is 13.2 Å². The second-order valence-electron chi connectivity index (χ2n) is 7.69. The number of benzene rings is 2. The van der Waals surface area contributed by atoms with Crippen LogP contribution in [0.4, 0.5) is 11.4 Å². The molecule has 0 amide bonds. The summed E-state index contributed by atoms with van der Waals surface area (Å²) in [7, 11) is 0. The summed E-state index contributed by atoms with van der Waals surface area (Å²) in [4.78, 5) is 75.0. The summed E-state index contributed by atoms with van der Waals surface area (Å²) in [5.41, 5.74) is -0.268. The molecule has 19 heteroatoms. The van der Waals surface area contributed by atoms with Crippen molar-refractivity contribution >= 4 is 41.7 Å². The zero-order valence-corrected chi connectivity index (χ0v) is 23.0. The highest BCUT2D eigenvalue weighted by atomic mass is 16.7. The van der Waals surface area contributed by atoms with Crippen molar-refractivity contribution in [2.24, 2.45) is 0 Å². The molecule has 240 valence electrons. The van der Waals surface area contributed by atoms with Crippen LogP contribution in [-0.4, -0.2) is 72.1 Å². The molecule has 4 N–H and O–H groups in total. The van der Waals surface area contributed by atoms with E-state index in [1.807, 2.05) is 0 Å². The van der Waals surface area contributed by atoms with Gasteiger partial charge in [-0.3, -0.25) is 34.6 Å². The maximum Gasteiger partial charge on any atom is 0.347 e. The Bertz CT molecular complexity index is 1140. The Morgan fingerprint density at radius 2 is 0.932 bits per heavy atom. The van der Waals surface area contributed by atoms with Gasteiger partial charge in [-0.2, -0.15) is 0 Å². The third kappa shape index (κ3) is 17.1. The summed E-state index contributed by atoms with van der Waals surface area (Å²) < 4.78 is 29.1. The Balaban J connectivity index is 0.00000443. The fourth-order valence-corrected chi connectivity index (χ4v) is 2.70. The van der Waals surface area contributed by atoms with Crippen molar-refractivity contribution < 1.29 is 67.3 Å². The van der Waals surface area contributed by atoms with Crippen LogP contribution in [0.5, 0.6) is 11.5 Å². The molecule has 2 aromatic carbocycles. The Morgan fingerprint density at radius 3 is 1.23 bits per heavy atom. The number of carboxylic acid groups (broad SMARTS) is 1. The quantitative estimate of drug-likeness (QED) is 0.0635. The number of carbonyl (C=O) groups excluding carboxylic acids is 4. The number of carbonyl (C=O) groups is 5. The molecule has 44 heavy (non-hydrogen) atoms. The molecule has 0 aromatic heterocycles. The normalized spacial score (nSPS) is 9.45. The molecule has 0 saturated carbocycles. The second kappa shape index (κ2) is 21.8. The third-order valence-electron chi connectivity index (χ3n) is 4.70. The smallest absolute Gasteiger partial charge is 0.347 e. The molecular weight excluding hydrogens is 598 g/mol. The van der Waals surface area contributed by atoms with Crippen LogP contribution in [0.15, 0.2) is 48.5 Å². The van der Waals surface area contributed by atoms with E-state index in [-0.39, 0.29) is 61.2 Å². The summed E-state index contributed by atoms with van der Waals surface area (Å²) in [6.45, 7) is -2.52. The fourth-order valence-electron chi connectivity index (χ4n) is 2.70. The van der Waals surface area contributed by atoms with E-state index in [1.165, 1.54) is 48.5 Å². The number of hydrogen-bond acceptors (Lipinski definition) is 16. The molecule has 0 aliphatic carbocycles. The summed E-state index contributed by atoms with van der Waals surface area (Å²) in [5.74, 6) is -2.56. The summed E-state index contributed by atoms with van der Waals surface area (Å²) in [6.07, 6.45) is 0.431. The van der Waals surface area contributed by atoms with Gasteiger partial charge in [-0.1, -0.05) is 0 Å². The number of unbranched alkanes of at least 4 members (excludes halogenated alkanes) is 1. The van der Waals surface area contributed by atoms with E-state index >= 15 is 0 Å². The Hall–Kier alpha value is -5.85. The maximum atomic E-state index is 11.7. The number of esters is 4. The van der Waals surface area contributed by atoms with E-state index in [4.69, 9.17) is 38.3 Å². The Labute approximate surface area is 248 Å². The van der Waals surface area contributed by atoms with Gasteiger partial charge >= 0.3 is 23.9 Å². The van der Waals surface area contributed by atoms with Gasteiger partial charge in [-0.15, -0.1) is 0 Å². The van der Waals surface area contributed by atoms with Gasteiger partial charge in [0.2, 0.25) is 13.6 Å². The second-order valence-corrected chi connectivity index (χ2v) is 7.69. The van der Waals surface area contributed by atoms with Crippen LogP contribution >= 0.6 is 0 Å². The topological polar surface area (TPSA) is 282 Å². The molecule has 19 nitrogen and oxygen atoms in total. The molecule has 0 saturated heterocycles. The van der Waals surface area contributed by atoms with Gasteiger partial charge in [-0.25, -0.2) is 9.59 Å². The van der Waals surface area contributed by atoms with Crippen molar-refractivity contribution in [3.05, 3.63) is 68.8 Å². The molecule has 2 aromatic rings. The lowest BCUT2D eigenvalue weighted by atomic mass is 10.2. The number of hydrogen-bond donors (Lipinski definition) is 2. The molecule has 0 unspecified atom stereocenters. The number of ether oxygens (including phenoxy) is 6. The molecular formula is C25H29N3O16. The predicted octanol–water partition coefficient (Wildman–Crippen LogP) is 2.47. The highest BCUT2D eigenvalue weighted by Crippen LogP contribution is 2.18. The van der Waals surface area contributed by atoms with E-state index in [9.17, 15) is 39.4 Å². The zero-order valence-electron chi connectivity index (χ0n) is 23.0. The largest absolute Gasteiger partial charge is 0.483 e. The van der Waals surface area contributed by atoms with Crippen LogP contribution in [0.1, 0.15) is 25.7 Å². The van der Waals surface area contributed by atoms with Crippen LogP contribution in [0, 0.1) is 20.2 Å². The Morgan fingerprint density at radius 1 is 0.636 bits per heavy atom. The van der Waals surface area contributed by atoms with Crippen LogP contribution in [-0.2, 0) is 42.9 Å². The van der Waals surface area contributed by atoms with Gasteiger partial charge < -0.3 is 39.7 Å². The molecule has 0 atom stereocenters. The van der Waals surface area contributed by atoms with E-state index < -0.39 is 60.5 Å². The van der Waals surface area contributed by atoms with Crippen LogP contribution in [0.3, 0.4) is 0 Å². The number of non-ortho nitro benzene ring substituents is 2. The summed E-state index contributed by atoms with van der Waals surface area (Å²) in [6, 6.07) is 10.1. The van der Waals surface area contributed by atoms with E-state index in [2.05, 4.69) is 0 Å². The molecule has 0 spiro atoms. The van der Waals surface area contributed by atoms with Crippen LogP contribution in [0.2, 0.25) is 0 Å². The maximum absolute atomic E-state index is 11.7. The van der Waals surface area contributed by atoms with Gasteiger partial charge in [0.05, 0.1) is 9.85 Å². The standard InChI is InChI=1S/C24H24N2O14.CH2O2.H3N/c27-21(37-15-39-23(29)13-35-19-9-5-17(6-10-19)25(31)32)3-1-2-4-22(28)38-16-40-24(30)14-36-20-11-7-18(8-12-20)26(33)34;2-1-3;/h5-12H,1-4,13-16H2;1H,(H,2,3);1H3. The van der Waals surface area contributed by atoms with Gasteiger partial charge in [0.1, 0.15) is 11.5 Å². The summed E-state index contributed by atoms with van der Waals surface area (Å²) >= 11 is 0. The van der Waals surface area contributed by atoms with Gasteiger partial charge in [0, 0.05) is 37.1 Å². The first-order chi connectivity index (χ1) is 20.5. The van der Waals surface area contributed by atoms with Crippen molar-refractivity contribution in [3.8, 4) is 11.5 Å². The number of nitrogens with zero attached hydrogens (tertiary/aromatic N) is 2. The van der Waals surface area contributed by atoms with Gasteiger partial charge in [-0.05, 0) is 37.1 Å². The fraction of sp³-hybridized carbons (Fsp3) is 0.320. The van der Waals surface area contributed by atoms with Crippen molar-refractivity contribution in [1.82, 2.24) is 6.15 Å². The monoisotopic (exact) mass is 627 g/mol. The third-order valence-corrected chi connectivity index (χ3v) is 4.70. The minimum atomic E-state index is -0.826. The predicted molar refractivity (Wildman–Crippen MR) is 143 cm³/mol. The lowest BCUT2D eigenvalue weighted by Gasteiger charge is -2.08. The van der Waals surface area contributed by atoms with Gasteiger partial charge in [0.25, 0.3) is 17.8 Å². The van der Waals surface area contributed by atoms with Crippen LogP contribution < -0.4 is 15.6 Å². The first kappa shape index (κ1) is 38.1. The van der Waals surface area contributed by atoms with Crippen LogP contribution in [0.25, 0.3) is 0 Å². The lowest BCUT2D eigenvalue weighted by Crippen LogP contribution is -2.18. The Kier molecular flexibility index (Phi) is 18.9. The SMILES string of the molecule is N.O=C(CCCCC(=O)OCOC(=O)COc1ccc([N+](=O)[O-])cc1)OCOC(=O)COc1ccc([N+](=O)[O-])cc1.O=CO. The number of nitro groups is 2. The molecule has 0 radical (unpaired) electrons. The van der Waals surface area contributed by atoms with Crippen molar-refractivity contribution in [2.75, 3.05) is 26.8 Å². The molecule has 0 aliphatic rings. The number of nitro benzene ring substituents is 2. The average molecular weight is 628 g/mol. The van der Waals surface area contributed by atoms with E-state index in [0.717, 1.165) is 0 Å². The van der Waals surface area contributed by atoms with Crippen molar-refractivity contribution in [1.29, 1.82) is 0 Å². The molecule has 0 aliphatic heterocycles. The molecule has 0 bridgehead atoms. The van der Waals surface area contributed by atoms with E-state index in [1.54, 1.807) is 0 Å². The van der Waals surface area contributed by atoms with E-state index in [0.29, 0.717) is 0 Å². The highest BCUT2D eigenvalue weighted by Gasteiger charge is 2.11. The first-order valence-electron chi connectivity index (χ1n) is 12.0. The van der Waals surface area contributed by atoms with Crippen molar-refractivity contribution in [3.63, 3.8) is 0 Å². The minimum Gasteiger partial charge on any atom is -0.483 e. The lowest BCUT2D eigenvalue weighted by molar-refractivity contribution is -0.385. The summed E-state index contributed by atoms with van der Waals surface area (Å²) in [5, 5.41) is 28.1. The molecule has 2 rings (SSSR count). The zero-order chi connectivity index (χ0) is 32.0. The minimum absolute atomic E-state index is 0. The molecule has 0 heterocycles. The molecule has 0 fully saturated rings. The van der Waals surface area contributed by atoms with Crippen molar-refractivity contribution in [2.45, 2.75) is 25.7 Å². The average Bonchev–Trinajstić information content (AvgIpc) is 2.98. The first-order valence-corrected chi connectivity index (χ1v) is 12.0.